The first kappa shape index (κ1) is 14.7. The number of hydrogen-bond donors (Lipinski definition) is 1. The number of carbonyl (C=O) groups excluding carboxylic acids is 1. The predicted molar refractivity (Wildman–Crippen MR) is 76.4 cm³/mol. The van der Waals surface area contributed by atoms with Gasteiger partial charge in [-0.2, -0.15) is 0 Å². The molecule has 0 amide bonds. The molecule has 19 heavy (non-hydrogen) atoms. The van der Waals surface area contributed by atoms with Crippen molar-refractivity contribution < 1.29 is 9.53 Å². The molecule has 1 aromatic rings. The fourth-order valence-corrected chi connectivity index (χ4v) is 4.46. The van der Waals surface area contributed by atoms with Crippen LogP contribution in [-0.4, -0.2) is 40.6 Å². The SMILES string of the molecule is CCCNC1(C(=O)OC)CCC(Sc2nncs2)C1. The van der Waals surface area contributed by atoms with E-state index in [2.05, 4.69) is 22.4 Å². The van der Waals surface area contributed by atoms with Crippen LogP contribution in [0, 0.1) is 0 Å². The molecule has 1 fully saturated rings. The zero-order valence-corrected chi connectivity index (χ0v) is 12.9. The van der Waals surface area contributed by atoms with E-state index in [-0.39, 0.29) is 5.97 Å². The highest BCUT2D eigenvalue weighted by Crippen LogP contribution is 2.41. The van der Waals surface area contributed by atoms with Crippen LogP contribution in [0.3, 0.4) is 0 Å². The average Bonchev–Trinajstić information content (AvgIpc) is 3.07. The van der Waals surface area contributed by atoms with Crippen LogP contribution >= 0.6 is 23.1 Å². The smallest absolute Gasteiger partial charge is 0.326 e. The summed E-state index contributed by atoms with van der Waals surface area (Å²) in [6, 6.07) is 0. The first-order chi connectivity index (χ1) is 9.20. The highest BCUT2D eigenvalue weighted by atomic mass is 32.2. The van der Waals surface area contributed by atoms with Gasteiger partial charge in [-0.3, -0.25) is 4.79 Å². The summed E-state index contributed by atoms with van der Waals surface area (Å²) in [6.07, 6.45) is 3.63. The normalized spacial score (nSPS) is 26.5. The van der Waals surface area contributed by atoms with Crippen LogP contribution < -0.4 is 5.32 Å². The number of ether oxygens (including phenoxy) is 1. The molecule has 0 bridgehead atoms. The maximum Gasteiger partial charge on any atom is 0.326 e. The van der Waals surface area contributed by atoms with Crippen LogP contribution in [0.5, 0.6) is 0 Å². The van der Waals surface area contributed by atoms with Gasteiger partial charge >= 0.3 is 5.97 Å². The van der Waals surface area contributed by atoms with Crippen molar-refractivity contribution in [3.05, 3.63) is 5.51 Å². The number of nitrogens with one attached hydrogen (secondary N) is 1. The summed E-state index contributed by atoms with van der Waals surface area (Å²) in [5, 5.41) is 11.7. The van der Waals surface area contributed by atoms with Crippen molar-refractivity contribution >= 4 is 29.1 Å². The molecule has 1 aliphatic rings. The largest absolute Gasteiger partial charge is 0.468 e. The summed E-state index contributed by atoms with van der Waals surface area (Å²) in [5.74, 6) is -0.138. The molecule has 1 saturated carbocycles. The van der Waals surface area contributed by atoms with Gasteiger partial charge in [-0.15, -0.1) is 10.2 Å². The Hall–Kier alpha value is -0.660. The second-order valence-electron chi connectivity index (χ2n) is 4.69. The maximum absolute atomic E-state index is 12.1. The number of methoxy groups -OCH3 is 1. The molecule has 1 heterocycles. The van der Waals surface area contributed by atoms with Gasteiger partial charge in [0.05, 0.1) is 7.11 Å². The number of nitrogens with zero attached hydrogens (tertiary/aromatic N) is 2. The fraction of sp³-hybridized carbons (Fsp3) is 0.750. The topological polar surface area (TPSA) is 64.1 Å². The minimum Gasteiger partial charge on any atom is -0.468 e. The van der Waals surface area contributed by atoms with E-state index in [0.29, 0.717) is 5.25 Å². The lowest BCUT2D eigenvalue weighted by molar-refractivity contribution is -0.148. The lowest BCUT2D eigenvalue weighted by atomic mass is 9.97. The molecule has 2 unspecified atom stereocenters. The zero-order valence-electron chi connectivity index (χ0n) is 11.2. The number of rotatable bonds is 6. The van der Waals surface area contributed by atoms with E-state index < -0.39 is 5.54 Å². The summed E-state index contributed by atoms with van der Waals surface area (Å²) in [4.78, 5) is 12.1. The van der Waals surface area contributed by atoms with Gasteiger partial charge in [0.2, 0.25) is 0 Å². The molecule has 106 valence electrons. The van der Waals surface area contributed by atoms with Crippen LogP contribution in [-0.2, 0) is 9.53 Å². The third-order valence-corrected chi connectivity index (χ3v) is 5.45. The number of aromatic nitrogens is 2. The summed E-state index contributed by atoms with van der Waals surface area (Å²) in [7, 11) is 1.46. The van der Waals surface area contributed by atoms with E-state index in [1.807, 2.05) is 0 Å². The van der Waals surface area contributed by atoms with Crippen LogP contribution in [0.4, 0.5) is 0 Å². The molecule has 2 atom stereocenters. The minimum absolute atomic E-state index is 0.138. The van der Waals surface area contributed by atoms with Crippen LogP contribution in [0.25, 0.3) is 0 Å². The Kier molecular flexibility index (Phi) is 5.18. The van der Waals surface area contributed by atoms with E-state index >= 15 is 0 Å². The lowest BCUT2D eigenvalue weighted by Gasteiger charge is -2.27. The van der Waals surface area contributed by atoms with Gasteiger partial charge in [-0.1, -0.05) is 30.0 Å². The lowest BCUT2D eigenvalue weighted by Crippen LogP contribution is -2.51. The Bertz CT molecular complexity index is 413. The third kappa shape index (κ3) is 3.46. The highest BCUT2D eigenvalue weighted by Gasteiger charge is 2.46. The Morgan fingerprint density at radius 3 is 3.21 bits per heavy atom. The number of carbonyl (C=O) groups is 1. The summed E-state index contributed by atoms with van der Waals surface area (Å²) in [5.41, 5.74) is 1.23. The Morgan fingerprint density at radius 2 is 2.58 bits per heavy atom. The molecular weight excluding hydrogens is 282 g/mol. The molecule has 0 aliphatic heterocycles. The second kappa shape index (κ2) is 6.67. The van der Waals surface area contributed by atoms with Gasteiger partial charge in [-0.25, -0.2) is 0 Å². The van der Waals surface area contributed by atoms with Gasteiger partial charge in [0.15, 0.2) is 4.34 Å². The Morgan fingerprint density at radius 1 is 1.74 bits per heavy atom. The van der Waals surface area contributed by atoms with Gasteiger partial charge in [-0.05, 0) is 32.2 Å². The maximum atomic E-state index is 12.1. The average molecular weight is 301 g/mol. The van der Waals surface area contributed by atoms with Crippen molar-refractivity contribution in [1.82, 2.24) is 15.5 Å². The van der Waals surface area contributed by atoms with E-state index in [1.54, 1.807) is 28.6 Å². The standard InChI is InChI=1S/C12H19N3O2S2/c1-3-6-13-12(10(16)17-2)5-4-9(7-12)19-11-15-14-8-18-11/h8-9,13H,3-7H2,1-2H3. The molecule has 0 spiro atoms. The third-order valence-electron chi connectivity index (χ3n) is 3.37. The summed E-state index contributed by atoms with van der Waals surface area (Å²) < 4.78 is 5.96. The van der Waals surface area contributed by atoms with Gasteiger partial charge in [0, 0.05) is 5.25 Å². The molecule has 1 N–H and O–H groups in total. The number of hydrogen-bond acceptors (Lipinski definition) is 7. The predicted octanol–water partition coefficient (Wildman–Crippen LogP) is 2.09. The van der Waals surface area contributed by atoms with Crippen LogP contribution in [0.15, 0.2) is 9.85 Å². The molecule has 1 aliphatic carbocycles. The zero-order chi connectivity index (χ0) is 13.7. The molecule has 2 rings (SSSR count). The summed E-state index contributed by atoms with van der Waals surface area (Å²) in [6.45, 7) is 2.94. The first-order valence-corrected chi connectivity index (χ1v) is 8.22. The first-order valence-electron chi connectivity index (χ1n) is 6.46. The van der Waals surface area contributed by atoms with Gasteiger partial charge in [0.25, 0.3) is 0 Å². The highest BCUT2D eigenvalue weighted by molar-refractivity contribution is 8.01. The second-order valence-corrected chi connectivity index (χ2v) is 7.07. The molecule has 0 radical (unpaired) electrons. The Labute approximate surface area is 121 Å². The van der Waals surface area contributed by atoms with Crippen molar-refractivity contribution in [3.63, 3.8) is 0 Å². The minimum atomic E-state index is -0.507. The van der Waals surface area contributed by atoms with Crippen molar-refractivity contribution in [3.8, 4) is 0 Å². The van der Waals surface area contributed by atoms with Crippen LogP contribution in [0.1, 0.15) is 32.6 Å². The van der Waals surface area contributed by atoms with Crippen molar-refractivity contribution in [2.45, 2.75) is 47.7 Å². The van der Waals surface area contributed by atoms with Gasteiger partial charge < -0.3 is 10.1 Å². The quantitative estimate of drug-likeness (QED) is 0.812. The number of thioether (sulfide) groups is 1. The molecule has 0 aromatic carbocycles. The summed E-state index contributed by atoms with van der Waals surface area (Å²) >= 11 is 3.26. The Balaban J connectivity index is 2.00. The van der Waals surface area contributed by atoms with E-state index in [0.717, 1.165) is 36.6 Å². The molecular formula is C12H19N3O2S2. The molecule has 1 aromatic heterocycles. The van der Waals surface area contributed by atoms with Crippen molar-refractivity contribution in [1.29, 1.82) is 0 Å². The van der Waals surface area contributed by atoms with Crippen molar-refractivity contribution in [2.24, 2.45) is 0 Å². The van der Waals surface area contributed by atoms with E-state index in [1.165, 1.54) is 7.11 Å². The molecule has 0 saturated heterocycles. The molecule has 5 nitrogen and oxygen atoms in total. The molecule has 7 heteroatoms. The van der Waals surface area contributed by atoms with Crippen molar-refractivity contribution in [2.75, 3.05) is 13.7 Å². The van der Waals surface area contributed by atoms with Gasteiger partial charge in [0.1, 0.15) is 11.0 Å². The fourth-order valence-electron chi connectivity index (χ4n) is 2.44. The van der Waals surface area contributed by atoms with Crippen LogP contribution in [0.2, 0.25) is 0 Å². The van der Waals surface area contributed by atoms with E-state index in [4.69, 9.17) is 4.74 Å². The van der Waals surface area contributed by atoms with E-state index in [9.17, 15) is 4.79 Å². The monoisotopic (exact) mass is 301 g/mol. The number of esters is 1.